The first-order chi connectivity index (χ1) is 13.7. The Balaban J connectivity index is 1.44. The zero-order valence-electron chi connectivity index (χ0n) is 15.8. The van der Waals surface area contributed by atoms with Crippen molar-refractivity contribution in [2.24, 2.45) is 0 Å². The minimum atomic E-state index is 0.542. The van der Waals surface area contributed by atoms with E-state index in [1.807, 2.05) is 6.07 Å². The number of hydrogen-bond acceptors (Lipinski definition) is 2. The van der Waals surface area contributed by atoms with E-state index in [0.717, 1.165) is 22.5 Å². The van der Waals surface area contributed by atoms with Crippen LogP contribution in [0.1, 0.15) is 16.7 Å². The van der Waals surface area contributed by atoms with Gasteiger partial charge in [-0.15, -0.1) is 0 Å². The van der Waals surface area contributed by atoms with E-state index in [-0.39, 0.29) is 0 Å². The van der Waals surface area contributed by atoms with Crippen molar-refractivity contribution in [2.45, 2.75) is 20.1 Å². The molecule has 0 saturated heterocycles. The van der Waals surface area contributed by atoms with E-state index in [1.165, 1.54) is 27.5 Å². The highest BCUT2D eigenvalue weighted by Crippen LogP contribution is 2.28. The number of para-hydroxylation sites is 1. The number of nitrogens with one attached hydrogen (secondary N) is 1. The topological polar surface area (TPSA) is 21.3 Å². The molecule has 0 aromatic heterocycles. The summed E-state index contributed by atoms with van der Waals surface area (Å²) in [5.74, 6) is 0.854. The highest BCUT2D eigenvalue weighted by molar-refractivity contribution is 9.10. The quantitative estimate of drug-likeness (QED) is 0.351. The van der Waals surface area contributed by atoms with Gasteiger partial charge in [0, 0.05) is 12.2 Å². The molecule has 0 bridgehead atoms. The summed E-state index contributed by atoms with van der Waals surface area (Å²) in [6, 6.07) is 29.3. The third kappa shape index (κ3) is 4.20. The predicted octanol–water partition coefficient (Wildman–Crippen LogP) is 7.10. The Hall–Kier alpha value is -2.78. The van der Waals surface area contributed by atoms with E-state index in [2.05, 4.69) is 107 Å². The van der Waals surface area contributed by atoms with Gasteiger partial charge in [0.2, 0.25) is 0 Å². The molecule has 0 aliphatic heterocycles. The van der Waals surface area contributed by atoms with Crippen LogP contribution >= 0.6 is 15.9 Å². The maximum Gasteiger partial charge on any atom is 0.134 e. The maximum atomic E-state index is 6.10. The summed E-state index contributed by atoms with van der Waals surface area (Å²) < 4.78 is 7.07. The molecule has 0 unspecified atom stereocenters. The van der Waals surface area contributed by atoms with Crippen LogP contribution in [0.3, 0.4) is 0 Å². The second kappa shape index (κ2) is 8.49. The molecule has 4 rings (SSSR count). The Kier molecular flexibility index (Phi) is 5.63. The van der Waals surface area contributed by atoms with Crippen molar-refractivity contribution in [3.8, 4) is 5.75 Å². The average molecular weight is 432 g/mol. The Morgan fingerprint density at radius 2 is 1.64 bits per heavy atom. The van der Waals surface area contributed by atoms with Crippen molar-refractivity contribution in [3.63, 3.8) is 0 Å². The molecule has 28 heavy (non-hydrogen) atoms. The molecule has 0 amide bonds. The number of anilines is 1. The largest absolute Gasteiger partial charge is 0.488 e. The molecule has 0 saturated carbocycles. The molecule has 0 heterocycles. The van der Waals surface area contributed by atoms with Gasteiger partial charge < -0.3 is 10.1 Å². The monoisotopic (exact) mass is 431 g/mol. The standard InChI is InChI=1S/C25H22BrNO/c1-18-7-2-5-12-24(18)27-16-19-13-14-25(23(26)15-19)28-17-21-10-6-9-20-8-3-4-11-22(20)21/h2-15,27H,16-17H2,1H3. The number of fused-ring (bicyclic) bond motifs is 1. The fraction of sp³-hybridized carbons (Fsp3) is 0.120. The van der Waals surface area contributed by atoms with Crippen molar-refractivity contribution < 1.29 is 4.74 Å². The van der Waals surface area contributed by atoms with E-state index >= 15 is 0 Å². The number of rotatable bonds is 6. The Morgan fingerprint density at radius 3 is 2.50 bits per heavy atom. The first-order valence-corrected chi connectivity index (χ1v) is 10.2. The molecule has 0 aliphatic rings. The molecule has 4 aromatic rings. The maximum absolute atomic E-state index is 6.10. The summed E-state index contributed by atoms with van der Waals surface area (Å²) in [6.45, 7) is 3.43. The van der Waals surface area contributed by atoms with E-state index < -0.39 is 0 Å². The van der Waals surface area contributed by atoms with Crippen LogP contribution in [0.25, 0.3) is 10.8 Å². The second-order valence-corrected chi connectivity index (χ2v) is 7.71. The lowest BCUT2D eigenvalue weighted by molar-refractivity contribution is 0.305. The SMILES string of the molecule is Cc1ccccc1NCc1ccc(OCc2cccc3ccccc23)c(Br)c1. The number of aryl methyl sites for hydroxylation is 1. The molecule has 3 heteroatoms. The predicted molar refractivity (Wildman–Crippen MR) is 121 cm³/mol. The van der Waals surface area contributed by atoms with Crippen molar-refractivity contribution in [1.29, 1.82) is 0 Å². The molecule has 0 aliphatic carbocycles. The summed E-state index contributed by atoms with van der Waals surface area (Å²) in [5.41, 5.74) is 4.80. The van der Waals surface area contributed by atoms with Crippen molar-refractivity contribution in [3.05, 3.63) is 106 Å². The number of halogens is 1. The van der Waals surface area contributed by atoms with Crippen LogP contribution in [0, 0.1) is 6.92 Å². The Bertz CT molecular complexity index is 1100. The molecule has 0 spiro atoms. The highest BCUT2D eigenvalue weighted by Gasteiger charge is 2.06. The van der Waals surface area contributed by atoms with Crippen LogP contribution in [-0.2, 0) is 13.2 Å². The summed E-state index contributed by atoms with van der Waals surface area (Å²) >= 11 is 3.66. The minimum absolute atomic E-state index is 0.542. The Labute approximate surface area is 174 Å². The lowest BCUT2D eigenvalue weighted by Crippen LogP contribution is -2.02. The molecule has 140 valence electrons. The zero-order valence-corrected chi connectivity index (χ0v) is 17.4. The van der Waals surface area contributed by atoms with Gasteiger partial charge in [-0.2, -0.15) is 0 Å². The number of benzene rings is 4. The Morgan fingerprint density at radius 1 is 0.857 bits per heavy atom. The van der Waals surface area contributed by atoms with Gasteiger partial charge in [0.1, 0.15) is 12.4 Å². The van der Waals surface area contributed by atoms with E-state index in [4.69, 9.17) is 4.74 Å². The first-order valence-electron chi connectivity index (χ1n) is 9.38. The minimum Gasteiger partial charge on any atom is -0.488 e. The van der Waals surface area contributed by atoms with Crippen molar-refractivity contribution in [1.82, 2.24) is 0 Å². The molecule has 0 radical (unpaired) electrons. The lowest BCUT2D eigenvalue weighted by Gasteiger charge is -2.13. The van der Waals surface area contributed by atoms with Gasteiger partial charge in [-0.1, -0.05) is 66.7 Å². The fourth-order valence-electron chi connectivity index (χ4n) is 3.31. The van der Waals surface area contributed by atoms with Crippen LogP contribution in [0.15, 0.2) is 89.4 Å². The zero-order chi connectivity index (χ0) is 19.3. The van der Waals surface area contributed by atoms with Gasteiger partial charge in [0.05, 0.1) is 4.47 Å². The smallest absolute Gasteiger partial charge is 0.134 e. The van der Waals surface area contributed by atoms with Crippen molar-refractivity contribution in [2.75, 3.05) is 5.32 Å². The number of ether oxygens (including phenoxy) is 1. The fourth-order valence-corrected chi connectivity index (χ4v) is 3.85. The lowest BCUT2D eigenvalue weighted by atomic mass is 10.1. The third-order valence-corrected chi connectivity index (χ3v) is 5.51. The first kappa shape index (κ1) is 18.6. The van der Waals surface area contributed by atoms with Gasteiger partial charge in [-0.25, -0.2) is 0 Å². The molecule has 2 nitrogen and oxygen atoms in total. The van der Waals surface area contributed by atoms with E-state index in [1.54, 1.807) is 0 Å². The van der Waals surface area contributed by atoms with Crippen LogP contribution < -0.4 is 10.1 Å². The molecule has 0 fully saturated rings. The molecule has 1 N–H and O–H groups in total. The van der Waals surface area contributed by atoms with Crippen LogP contribution in [-0.4, -0.2) is 0 Å². The molecule has 4 aromatic carbocycles. The number of hydrogen-bond donors (Lipinski definition) is 1. The summed E-state index contributed by atoms with van der Waals surface area (Å²) in [5, 5.41) is 5.96. The van der Waals surface area contributed by atoms with Gasteiger partial charge in [-0.05, 0) is 68.5 Å². The van der Waals surface area contributed by atoms with E-state index in [0.29, 0.717) is 6.61 Å². The molecule has 0 atom stereocenters. The van der Waals surface area contributed by atoms with Crippen LogP contribution in [0.2, 0.25) is 0 Å². The summed E-state index contributed by atoms with van der Waals surface area (Å²) in [7, 11) is 0. The highest BCUT2D eigenvalue weighted by atomic mass is 79.9. The van der Waals surface area contributed by atoms with Gasteiger partial charge in [-0.3, -0.25) is 0 Å². The van der Waals surface area contributed by atoms with Crippen LogP contribution in [0.5, 0.6) is 5.75 Å². The average Bonchev–Trinajstić information content (AvgIpc) is 2.72. The van der Waals surface area contributed by atoms with Gasteiger partial charge in [0.25, 0.3) is 0 Å². The summed E-state index contributed by atoms with van der Waals surface area (Å²) in [6.07, 6.45) is 0. The van der Waals surface area contributed by atoms with E-state index in [9.17, 15) is 0 Å². The molecular formula is C25H22BrNO. The van der Waals surface area contributed by atoms with Gasteiger partial charge >= 0.3 is 0 Å². The summed E-state index contributed by atoms with van der Waals surface area (Å²) in [4.78, 5) is 0. The van der Waals surface area contributed by atoms with Crippen LogP contribution in [0.4, 0.5) is 5.69 Å². The normalized spacial score (nSPS) is 10.8. The second-order valence-electron chi connectivity index (χ2n) is 6.86. The molecular weight excluding hydrogens is 410 g/mol. The third-order valence-electron chi connectivity index (χ3n) is 4.89. The van der Waals surface area contributed by atoms with Gasteiger partial charge in [0.15, 0.2) is 0 Å². The van der Waals surface area contributed by atoms with Crippen molar-refractivity contribution >= 4 is 32.4 Å².